The van der Waals surface area contributed by atoms with E-state index in [1.165, 1.54) is 0 Å². The zero-order chi connectivity index (χ0) is 11.8. The Morgan fingerprint density at radius 2 is 2.00 bits per heavy atom. The summed E-state index contributed by atoms with van der Waals surface area (Å²) < 4.78 is 0. The molecule has 0 spiro atoms. The first-order valence-electron chi connectivity index (χ1n) is 5.30. The van der Waals surface area contributed by atoms with Crippen LogP contribution in [0.1, 0.15) is 5.69 Å². The summed E-state index contributed by atoms with van der Waals surface area (Å²) in [7, 11) is 0. The number of aromatic amines is 1. The number of aryl methyl sites for hydroxylation is 1. The lowest BCUT2D eigenvalue weighted by atomic mass is 10.1. The Balaban J connectivity index is 2.27. The van der Waals surface area contributed by atoms with Crippen LogP contribution in [0.3, 0.4) is 0 Å². The van der Waals surface area contributed by atoms with E-state index in [-0.39, 0.29) is 0 Å². The van der Waals surface area contributed by atoms with Gasteiger partial charge in [-0.2, -0.15) is 0 Å². The standard InChI is InChI=1S/C13H10ClN3/c1-8-6-17-12(7-16-8)10-2-3-11(14)9-4-5-15-13(9)10/h2-7,15H,1H3. The van der Waals surface area contributed by atoms with Crippen molar-refractivity contribution in [3.8, 4) is 11.3 Å². The first-order valence-corrected chi connectivity index (χ1v) is 5.68. The topological polar surface area (TPSA) is 41.6 Å². The van der Waals surface area contributed by atoms with Crippen LogP contribution in [0.2, 0.25) is 5.02 Å². The lowest BCUT2D eigenvalue weighted by Crippen LogP contribution is -1.89. The molecule has 1 N–H and O–H groups in total. The van der Waals surface area contributed by atoms with Crippen LogP contribution >= 0.6 is 11.6 Å². The molecule has 0 radical (unpaired) electrons. The number of hydrogen-bond acceptors (Lipinski definition) is 2. The Morgan fingerprint density at radius 3 is 2.76 bits per heavy atom. The Labute approximate surface area is 103 Å². The van der Waals surface area contributed by atoms with Crippen molar-refractivity contribution in [3.05, 3.63) is 47.5 Å². The van der Waals surface area contributed by atoms with E-state index in [1.807, 2.05) is 31.3 Å². The Kier molecular flexibility index (Phi) is 2.34. The molecule has 0 aliphatic rings. The molecular formula is C13H10ClN3. The predicted molar refractivity (Wildman–Crippen MR) is 69.1 cm³/mol. The number of H-pyrrole nitrogens is 1. The van der Waals surface area contributed by atoms with E-state index in [2.05, 4.69) is 15.0 Å². The van der Waals surface area contributed by atoms with Crippen molar-refractivity contribution in [1.82, 2.24) is 15.0 Å². The summed E-state index contributed by atoms with van der Waals surface area (Å²) in [6.07, 6.45) is 5.42. The molecule has 0 saturated carbocycles. The summed E-state index contributed by atoms with van der Waals surface area (Å²) in [5.74, 6) is 0. The zero-order valence-electron chi connectivity index (χ0n) is 9.24. The Bertz CT molecular complexity index is 671. The van der Waals surface area contributed by atoms with E-state index in [9.17, 15) is 0 Å². The van der Waals surface area contributed by atoms with Gasteiger partial charge in [-0.1, -0.05) is 11.6 Å². The van der Waals surface area contributed by atoms with Gasteiger partial charge in [0.05, 0.1) is 23.1 Å². The second-order valence-electron chi connectivity index (χ2n) is 3.90. The fraction of sp³-hybridized carbons (Fsp3) is 0.0769. The van der Waals surface area contributed by atoms with Crippen molar-refractivity contribution in [2.24, 2.45) is 0 Å². The number of halogens is 1. The van der Waals surface area contributed by atoms with Gasteiger partial charge in [-0.25, -0.2) is 0 Å². The minimum atomic E-state index is 0.741. The maximum absolute atomic E-state index is 6.13. The maximum atomic E-state index is 6.13. The highest BCUT2D eigenvalue weighted by atomic mass is 35.5. The maximum Gasteiger partial charge on any atom is 0.0906 e. The van der Waals surface area contributed by atoms with Gasteiger partial charge < -0.3 is 4.98 Å². The first kappa shape index (κ1) is 10.3. The molecule has 4 heteroatoms. The van der Waals surface area contributed by atoms with Gasteiger partial charge in [0.1, 0.15) is 0 Å². The minimum Gasteiger partial charge on any atom is -0.361 e. The highest BCUT2D eigenvalue weighted by Crippen LogP contribution is 2.30. The normalized spacial score (nSPS) is 10.9. The SMILES string of the molecule is Cc1cnc(-c2ccc(Cl)c3cc[nH]c23)cn1. The number of benzene rings is 1. The summed E-state index contributed by atoms with van der Waals surface area (Å²) in [6, 6.07) is 5.80. The van der Waals surface area contributed by atoms with Crippen molar-refractivity contribution in [1.29, 1.82) is 0 Å². The summed E-state index contributed by atoms with van der Waals surface area (Å²) in [6.45, 7) is 1.92. The van der Waals surface area contributed by atoms with Crippen LogP contribution < -0.4 is 0 Å². The number of aromatic nitrogens is 3. The van der Waals surface area contributed by atoms with Crippen LogP contribution in [0, 0.1) is 6.92 Å². The molecule has 84 valence electrons. The summed E-state index contributed by atoms with van der Waals surface area (Å²) >= 11 is 6.13. The molecule has 0 aliphatic heterocycles. The minimum absolute atomic E-state index is 0.741. The average Bonchev–Trinajstić information content (AvgIpc) is 2.81. The summed E-state index contributed by atoms with van der Waals surface area (Å²) in [4.78, 5) is 11.8. The molecule has 2 aromatic heterocycles. The monoisotopic (exact) mass is 243 g/mol. The highest BCUT2D eigenvalue weighted by molar-refractivity contribution is 6.35. The van der Waals surface area contributed by atoms with Crippen LogP contribution in [0.15, 0.2) is 36.8 Å². The largest absolute Gasteiger partial charge is 0.361 e. The second-order valence-corrected chi connectivity index (χ2v) is 4.31. The third-order valence-electron chi connectivity index (χ3n) is 2.73. The highest BCUT2D eigenvalue weighted by Gasteiger charge is 2.08. The number of nitrogens with zero attached hydrogens (tertiary/aromatic N) is 2. The third-order valence-corrected chi connectivity index (χ3v) is 3.06. The smallest absolute Gasteiger partial charge is 0.0906 e. The number of hydrogen-bond donors (Lipinski definition) is 1. The van der Waals surface area contributed by atoms with Crippen molar-refractivity contribution in [3.63, 3.8) is 0 Å². The van der Waals surface area contributed by atoms with Crippen LogP contribution in [0.4, 0.5) is 0 Å². The van der Waals surface area contributed by atoms with Gasteiger partial charge in [-0.05, 0) is 25.1 Å². The van der Waals surface area contributed by atoms with E-state index in [0.717, 1.165) is 32.9 Å². The molecule has 2 heterocycles. The van der Waals surface area contributed by atoms with Gasteiger partial charge in [-0.3, -0.25) is 9.97 Å². The molecule has 0 saturated heterocycles. The molecule has 0 atom stereocenters. The third kappa shape index (κ3) is 1.68. The van der Waals surface area contributed by atoms with E-state index in [0.29, 0.717) is 0 Å². The number of fused-ring (bicyclic) bond motifs is 1. The quantitative estimate of drug-likeness (QED) is 0.710. The van der Waals surface area contributed by atoms with Gasteiger partial charge >= 0.3 is 0 Å². The molecule has 17 heavy (non-hydrogen) atoms. The van der Waals surface area contributed by atoms with Crippen molar-refractivity contribution in [2.45, 2.75) is 6.92 Å². The van der Waals surface area contributed by atoms with Crippen molar-refractivity contribution < 1.29 is 0 Å². The van der Waals surface area contributed by atoms with Crippen LogP contribution in [-0.2, 0) is 0 Å². The predicted octanol–water partition coefficient (Wildman–Crippen LogP) is 3.59. The van der Waals surface area contributed by atoms with E-state index >= 15 is 0 Å². The van der Waals surface area contributed by atoms with E-state index < -0.39 is 0 Å². The molecule has 0 bridgehead atoms. The molecule has 0 fully saturated rings. The molecule has 3 aromatic rings. The van der Waals surface area contributed by atoms with Gasteiger partial charge in [0.15, 0.2) is 0 Å². The van der Waals surface area contributed by atoms with Crippen LogP contribution in [-0.4, -0.2) is 15.0 Å². The van der Waals surface area contributed by atoms with E-state index in [4.69, 9.17) is 11.6 Å². The van der Waals surface area contributed by atoms with E-state index in [1.54, 1.807) is 12.4 Å². The lowest BCUT2D eigenvalue weighted by molar-refractivity contribution is 1.12. The average molecular weight is 244 g/mol. The second kappa shape index (κ2) is 3.86. The van der Waals surface area contributed by atoms with Crippen LogP contribution in [0.25, 0.3) is 22.2 Å². The first-order chi connectivity index (χ1) is 8.25. The summed E-state index contributed by atoms with van der Waals surface area (Å²) in [5, 5.41) is 1.75. The summed E-state index contributed by atoms with van der Waals surface area (Å²) in [5.41, 5.74) is 3.77. The molecule has 0 amide bonds. The van der Waals surface area contributed by atoms with Gasteiger partial charge in [0.25, 0.3) is 0 Å². The molecule has 0 aliphatic carbocycles. The fourth-order valence-corrected chi connectivity index (χ4v) is 2.09. The van der Waals surface area contributed by atoms with Crippen molar-refractivity contribution in [2.75, 3.05) is 0 Å². The van der Waals surface area contributed by atoms with Gasteiger partial charge in [0.2, 0.25) is 0 Å². The number of rotatable bonds is 1. The van der Waals surface area contributed by atoms with Gasteiger partial charge in [0, 0.05) is 28.4 Å². The molecule has 3 rings (SSSR count). The molecule has 1 aromatic carbocycles. The lowest BCUT2D eigenvalue weighted by Gasteiger charge is -2.04. The fourth-order valence-electron chi connectivity index (χ4n) is 1.87. The van der Waals surface area contributed by atoms with Gasteiger partial charge in [-0.15, -0.1) is 0 Å². The zero-order valence-corrected chi connectivity index (χ0v) is 9.99. The van der Waals surface area contributed by atoms with Crippen LogP contribution in [0.5, 0.6) is 0 Å². The number of nitrogens with one attached hydrogen (secondary N) is 1. The Morgan fingerprint density at radius 1 is 1.12 bits per heavy atom. The Hall–Kier alpha value is -1.87. The molecular weight excluding hydrogens is 234 g/mol. The molecule has 0 unspecified atom stereocenters. The molecule has 3 nitrogen and oxygen atoms in total. The van der Waals surface area contributed by atoms with Crippen molar-refractivity contribution >= 4 is 22.5 Å².